The van der Waals surface area contributed by atoms with Crippen molar-refractivity contribution in [3.63, 3.8) is 0 Å². The largest absolute Gasteiger partial charge is 0.378 e. The van der Waals surface area contributed by atoms with Gasteiger partial charge >= 0.3 is 0 Å². The highest BCUT2D eigenvalue weighted by atomic mass is 16.5. The van der Waals surface area contributed by atoms with Crippen LogP contribution in [0.2, 0.25) is 0 Å². The smallest absolute Gasteiger partial charge is 0.165 e. The molecule has 0 atom stereocenters. The van der Waals surface area contributed by atoms with Crippen molar-refractivity contribution in [2.75, 3.05) is 31.2 Å². The Morgan fingerprint density at radius 2 is 2.03 bits per heavy atom. The molecule has 1 fully saturated rings. The number of rotatable bonds is 4. The number of morpholine rings is 1. The van der Waals surface area contributed by atoms with Crippen LogP contribution in [0.25, 0.3) is 28.2 Å². The van der Waals surface area contributed by atoms with E-state index in [1.54, 1.807) is 15.6 Å². The topological polar surface area (TPSA) is 84.8 Å². The summed E-state index contributed by atoms with van der Waals surface area (Å²) in [6, 6.07) is 14.5. The quantitative estimate of drug-likeness (QED) is 0.525. The lowest BCUT2D eigenvalue weighted by Gasteiger charge is -2.29. The Kier molecular flexibility index (Phi) is 4.65. The van der Waals surface area contributed by atoms with Gasteiger partial charge in [-0.1, -0.05) is 23.8 Å². The Hall–Kier alpha value is -3.70. The molecule has 1 aromatic carbocycles. The highest BCUT2D eigenvalue weighted by Crippen LogP contribution is 2.28. The summed E-state index contributed by atoms with van der Waals surface area (Å²) in [6.07, 6.45) is 3.59. The Labute approximate surface area is 174 Å². The molecule has 8 heteroatoms. The van der Waals surface area contributed by atoms with Gasteiger partial charge in [0.25, 0.3) is 0 Å². The van der Waals surface area contributed by atoms with E-state index in [0.717, 1.165) is 35.6 Å². The molecule has 1 saturated heterocycles. The maximum atomic E-state index is 9.18. The Bertz CT molecular complexity index is 1240. The zero-order chi connectivity index (χ0) is 20.5. The van der Waals surface area contributed by atoms with Gasteiger partial charge in [0.05, 0.1) is 37.0 Å². The molecule has 5 rings (SSSR count). The highest BCUT2D eigenvalue weighted by Gasteiger charge is 2.20. The van der Waals surface area contributed by atoms with Gasteiger partial charge in [-0.05, 0) is 19.1 Å². The molecule has 30 heavy (non-hydrogen) atoms. The first-order valence-corrected chi connectivity index (χ1v) is 9.91. The number of hydrogen-bond acceptors (Lipinski definition) is 6. The standard InChI is InChI=1S/C22H21N7O/c1-16-3-2-4-17(13-16)18-5-7-29(26-18)20-14-19(27-9-11-30-12-10-27)21-22(25-20)28(8-6-23)15-24-21/h2-5,7,13-15H,8-12H2,1H3. The van der Waals surface area contributed by atoms with Gasteiger partial charge in [-0.15, -0.1) is 0 Å². The van der Waals surface area contributed by atoms with Crippen LogP contribution in [0, 0.1) is 18.3 Å². The van der Waals surface area contributed by atoms with Crippen LogP contribution in [0.15, 0.2) is 48.9 Å². The van der Waals surface area contributed by atoms with Gasteiger partial charge in [0.2, 0.25) is 0 Å². The predicted molar refractivity (Wildman–Crippen MR) is 113 cm³/mol. The lowest BCUT2D eigenvalue weighted by atomic mass is 10.1. The van der Waals surface area contributed by atoms with Crippen molar-refractivity contribution >= 4 is 16.9 Å². The minimum absolute atomic E-state index is 0.198. The summed E-state index contributed by atoms with van der Waals surface area (Å²) >= 11 is 0. The molecule has 0 saturated carbocycles. The van der Waals surface area contributed by atoms with E-state index in [2.05, 4.69) is 41.1 Å². The molecule has 1 aliphatic rings. The summed E-state index contributed by atoms with van der Waals surface area (Å²) in [5.41, 5.74) is 5.61. The summed E-state index contributed by atoms with van der Waals surface area (Å²) in [5, 5.41) is 13.9. The second kappa shape index (κ2) is 7.61. The van der Waals surface area contributed by atoms with Crippen LogP contribution in [0.4, 0.5) is 5.69 Å². The minimum atomic E-state index is 0.198. The van der Waals surface area contributed by atoms with Crippen LogP contribution >= 0.6 is 0 Å². The van der Waals surface area contributed by atoms with E-state index in [0.29, 0.717) is 24.7 Å². The molecule has 0 radical (unpaired) electrons. The molecule has 4 heterocycles. The van der Waals surface area contributed by atoms with Crippen LogP contribution in [0.5, 0.6) is 0 Å². The fourth-order valence-corrected chi connectivity index (χ4v) is 3.77. The number of nitrogens with zero attached hydrogens (tertiary/aromatic N) is 7. The molecule has 1 aliphatic heterocycles. The van der Waals surface area contributed by atoms with Crippen LogP contribution in [0.3, 0.4) is 0 Å². The van der Waals surface area contributed by atoms with Crippen LogP contribution in [-0.2, 0) is 11.3 Å². The first-order valence-electron chi connectivity index (χ1n) is 9.91. The van der Waals surface area contributed by atoms with Gasteiger partial charge in [-0.3, -0.25) is 0 Å². The van der Waals surface area contributed by atoms with Crippen molar-refractivity contribution in [3.8, 4) is 23.1 Å². The molecule has 3 aromatic heterocycles. The normalized spacial score (nSPS) is 14.2. The number of pyridine rings is 1. The molecular formula is C22H21N7O. The van der Waals surface area contributed by atoms with E-state index >= 15 is 0 Å². The summed E-state index contributed by atoms with van der Waals surface area (Å²) in [5.74, 6) is 0.697. The molecule has 4 aromatic rings. The Balaban J connectivity index is 1.62. The fourth-order valence-electron chi connectivity index (χ4n) is 3.77. The monoisotopic (exact) mass is 399 g/mol. The maximum absolute atomic E-state index is 9.18. The molecule has 0 spiro atoms. The van der Waals surface area contributed by atoms with Gasteiger partial charge in [-0.2, -0.15) is 10.4 Å². The number of benzene rings is 1. The van der Waals surface area contributed by atoms with Crippen molar-refractivity contribution in [1.82, 2.24) is 24.3 Å². The molecular weight excluding hydrogens is 378 g/mol. The number of fused-ring (bicyclic) bond motifs is 1. The molecule has 0 aliphatic carbocycles. The van der Waals surface area contributed by atoms with Crippen LogP contribution in [0.1, 0.15) is 5.56 Å². The van der Waals surface area contributed by atoms with E-state index in [-0.39, 0.29) is 6.54 Å². The van der Waals surface area contributed by atoms with Crippen molar-refractivity contribution in [2.45, 2.75) is 13.5 Å². The number of ether oxygens (including phenoxy) is 1. The van der Waals surface area contributed by atoms with E-state index in [1.807, 2.05) is 24.4 Å². The average Bonchev–Trinajstić information content (AvgIpc) is 3.42. The summed E-state index contributed by atoms with van der Waals surface area (Å²) in [4.78, 5) is 11.6. The highest BCUT2D eigenvalue weighted by molar-refractivity contribution is 5.87. The Morgan fingerprint density at radius 1 is 1.17 bits per heavy atom. The van der Waals surface area contributed by atoms with Gasteiger partial charge in [0.1, 0.15) is 12.1 Å². The number of hydrogen-bond donors (Lipinski definition) is 0. The Morgan fingerprint density at radius 3 is 2.83 bits per heavy atom. The van der Waals surface area contributed by atoms with Crippen molar-refractivity contribution in [2.24, 2.45) is 0 Å². The average molecular weight is 399 g/mol. The first-order chi connectivity index (χ1) is 14.7. The van der Waals surface area contributed by atoms with Gasteiger partial charge in [-0.25, -0.2) is 14.6 Å². The number of aryl methyl sites for hydroxylation is 1. The third-order valence-electron chi connectivity index (χ3n) is 5.27. The maximum Gasteiger partial charge on any atom is 0.165 e. The molecule has 0 unspecified atom stereocenters. The molecule has 8 nitrogen and oxygen atoms in total. The number of aromatic nitrogens is 5. The summed E-state index contributed by atoms with van der Waals surface area (Å²) in [6.45, 7) is 5.20. The third-order valence-corrected chi connectivity index (χ3v) is 5.27. The first kappa shape index (κ1) is 18.3. The second-order valence-corrected chi connectivity index (χ2v) is 7.32. The van der Waals surface area contributed by atoms with Crippen LogP contribution in [-0.4, -0.2) is 50.6 Å². The van der Waals surface area contributed by atoms with E-state index < -0.39 is 0 Å². The SMILES string of the molecule is Cc1cccc(-c2ccn(-c3cc(N4CCOCC4)c4ncn(CC#N)c4n3)n2)c1. The van der Waals surface area contributed by atoms with Crippen molar-refractivity contribution < 1.29 is 4.74 Å². The van der Waals surface area contributed by atoms with Gasteiger partial charge in [0.15, 0.2) is 11.5 Å². The number of anilines is 1. The van der Waals surface area contributed by atoms with Gasteiger partial charge < -0.3 is 14.2 Å². The summed E-state index contributed by atoms with van der Waals surface area (Å²) < 4.78 is 9.06. The molecule has 0 N–H and O–H groups in total. The second-order valence-electron chi connectivity index (χ2n) is 7.32. The molecule has 150 valence electrons. The third kappa shape index (κ3) is 3.29. The fraction of sp³-hybridized carbons (Fsp3) is 0.273. The van der Waals surface area contributed by atoms with E-state index in [1.165, 1.54) is 5.56 Å². The van der Waals surface area contributed by atoms with Gasteiger partial charge in [0, 0.05) is 30.9 Å². The predicted octanol–water partition coefficient (Wildman–Crippen LogP) is 2.95. The van der Waals surface area contributed by atoms with E-state index in [9.17, 15) is 5.26 Å². The molecule has 0 amide bonds. The van der Waals surface area contributed by atoms with Crippen LogP contribution < -0.4 is 4.90 Å². The van der Waals surface area contributed by atoms with E-state index in [4.69, 9.17) is 14.8 Å². The summed E-state index contributed by atoms with van der Waals surface area (Å²) in [7, 11) is 0. The molecule has 0 bridgehead atoms. The lowest BCUT2D eigenvalue weighted by molar-refractivity contribution is 0.123. The van der Waals surface area contributed by atoms with Crippen molar-refractivity contribution in [1.29, 1.82) is 5.26 Å². The lowest BCUT2D eigenvalue weighted by Crippen LogP contribution is -2.36. The minimum Gasteiger partial charge on any atom is -0.378 e. The number of nitriles is 1. The van der Waals surface area contributed by atoms with Crippen molar-refractivity contribution in [3.05, 3.63) is 54.5 Å². The zero-order valence-electron chi connectivity index (χ0n) is 16.7. The number of imidazole rings is 1. The zero-order valence-corrected chi connectivity index (χ0v) is 16.7.